The number of nitrogens with one attached hydrogen (secondary N) is 1. The standard InChI is InChI=1S/C19H31N3O3S/c1-5-26-19-17(18(24)20-12-15(23)10-13(2)3)14(4)11-16(21-19)22-6-8-25-9-7-22/h11,13,15,23H,5-10,12H2,1-4H3,(H,20,24). The van der Waals surface area contributed by atoms with Gasteiger partial charge in [-0.2, -0.15) is 0 Å². The minimum absolute atomic E-state index is 0.165. The second kappa shape index (κ2) is 10.1. The first kappa shape index (κ1) is 21.0. The number of morpholine rings is 1. The fourth-order valence-corrected chi connectivity index (χ4v) is 3.85. The second-order valence-corrected chi connectivity index (χ2v) is 8.26. The van der Waals surface area contributed by atoms with Gasteiger partial charge in [-0.1, -0.05) is 20.8 Å². The summed E-state index contributed by atoms with van der Waals surface area (Å²) in [5, 5.41) is 13.6. The van der Waals surface area contributed by atoms with E-state index in [4.69, 9.17) is 9.72 Å². The topological polar surface area (TPSA) is 74.7 Å². The molecular weight excluding hydrogens is 350 g/mol. The van der Waals surface area contributed by atoms with Crippen molar-refractivity contribution in [2.75, 3.05) is 43.5 Å². The SMILES string of the molecule is CCSc1nc(N2CCOCC2)cc(C)c1C(=O)NCC(O)CC(C)C. The summed E-state index contributed by atoms with van der Waals surface area (Å²) in [5.74, 6) is 1.97. The Kier molecular flexibility index (Phi) is 8.18. The summed E-state index contributed by atoms with van der Waals surface area (Å²) in [7, 11) is 0. The molecule has 1 aromatic heterocycles. The molecule has 146 valence electrons. The van der Waals surface area contributed by atoms with Crippen LogP contribution < -0.4 is 10.2 Å². The Morgan fingerprint density at radius 2 is 2.12 bits per heavy atom. The van der Waals surface area contributed by atoms with Crippen molar-refractivity contribution in [3.8, 4) is 0 Å². The Morgan fingerprint density at radius 3 is 2.73 bits per heavy atom. The Bertz CT molecular complexity index is 604. The minimum atomic E-state index is -0.526. The van der Waals surface area contributed by atoms with Crippen molar-refractivity contribution >= 4 is 23.5 Å². The van der Waals surface area contributed by atoms with E-state index in [-0.39, 0.29) is 12.5 Å². The summed E-state index contributed by atoms with van der Waals surface area (Å²) in [4.78, 5) is 19.7. The van der Waals surface area contributed by atoms with Crippen molar-refractivity contribution in [2.24, 2.45) is 5.92 Å². The molecule has 7 heteroatoms. The lowest BCUT2D eigenvalue weighted by molar-refractivity contribution is 0.0896. The predicted molar refractivity (Wildman–Crippen MR) is 106 cm³/mol. The molecule has 0 aliphatic carbocycles. The van der Waals surface area contributed by atoms with Crippen molar-refractivity contribution < 1.29 is 14.6 Å². The van der Waals surface area contributed by atoms with Gasteiger partial charge in [0.25, 0.3) is 5.91 Å². The van der Waals surface area contributed by atoms with Gasteiger partial charge in [-0.25, -0.2) is 4.98 Å². The van der Waals surface area contributed by atoms with Crippen molar-refractivity contribution in [1.82, 2.24) is 10.3 Å². The third-order valence-corrected chi connectivity index (χ3v) is 5.11. The first-order valence-electron chi connectivity index (χ1n) is 9.35. The van der Waals surface area contributed by atoms with Crippen LogP contribution in [0.1, 0.15) is 43.1 Å². The van der Waals surface area contributed by atoms with Crippen LogP contribution in [-0.2, 0) is 4.74 Å². The fourth-order valence-electron chi connectivity index (χ4n) is 3.02. The first-order chi connectivity index (χ1) is 12.4. The van der Waals surface area contributed by atoms with Gasteiger partial charge in [0.15, 0.2) is 0 Å². The molecule has 1 atom stereocenters. The van der Waals surface area contributed by atoms with E-state index in [1.54, 1.807) is 11.8 Å². The maximum Gasteiger partial charge on any atom is 0.254 e. The highest BCUT2D eigenvalue weighted by molar-refractivity contribution is 7.99. The van der Waals surface area contributed by atoms with Gasteiger partial charge in [-0.3, -0.25) is 4.79 Å². The van der Waals surface area contributed by atoms with Crippen LogP contribution in [0, 0.1) is 12.8 Å². The molecule has 1 aromatic rings. The number of aliphatic hydroxyl groups is 1. The van der Waals surface area contributed by atoms with E-state index < -0.39 is 6.10 Å². The Morgan fingerprint density at radius 1 is 1.42 bits per heavy atom. The Labute approximate surface area is 160 Å². The average Bonchev–Trinajstić information content (AvgIpc) is 2.60. The van der Waals surface area contributed by atoms with Gasteiger partial charge in [0.2, 0.25) is 0 Å². The fraction of sp³-hybridized carbons (Fsp3) is 0.684. The van der Waals surface area contributed by atoms with Gasteiger partial charge in [0, 0.05) is 19.6 Å². The molecule has 2 heterocycles. The molecule has 0 bridgehead atoms. The number of pyridine rings is 1. The zero-order valence-electron chi connectivity index (χ0n) is 16.2. The van der Waals surface area contributed by atoms with E-state index in [0.717, 1.165) is 35.2 Å². The predicted octanol–water partition coefficient (Wildman–Crippen LogP) is 2.48. The maximum atomic E-state index is 12.7. The number of thioether (sulfide) groups is 1. The van der Waals surface area contributed by atoms with Crippen LogP contribution in [-0.4, -0.2) is 60.7 Å². The van der Waals surface area contributed by atoms with E-state index in [0.29, 0.717) is 31.1 Å². The van der Waals surface area contributed by atoms with Crippen LogP contribution in [0.25, 0.3) is 0 Å². The number of anilines is 1. The summed E-state index contributed by atoms with van der Waals surface area (Å²) in [6.45, 7) is 11.4. The number of nitrogens with zero attached hydrogens (tertiary/aromatic N) is 2. The highest BCUT2D eigenvalue weighted by Crippen LogP contribution is 2.28. The van der Waals surface area contributed by atoms with Gasteiger partial charge in [-0.05, 0) is 36.6 Å². The van der Waals surface area contributed by atoms with E-state index in [2.05, 4.69) is 31.0 Å². The number of hydrogen-bond donors (Lipinski definition) is 2. The molecule has 2 N–H and O–H groups in total. The van der Waals surface area contributed by atoms with Gasteiger partial charge in [-0.15, -0.1) is 11.8 Å². The molecule has 0 aromatic carbocycles. The number of aromatic nitrogens is 1. The van der Waals surface area contributed by atoms with Gasteiger partial charge >= 0.3 is 0 Å². The molecule has 2 rings (SSSR count). The number of carbonyl (C=O) groups is 1. The molecule has 0 saturated carbocycles. The lowest BCUT2D eigenvalue weighted by atomic mass is 10.1. The zero-order chi connectivity index (χ0) is 19.1. The van der Waals surface area contributed by atoms with Crippen molar-refractivity contribution in [1.29, 1.82) is 0 Å². The molecule has 1 amide bonds. The van der Waals surface area contributed by atoms with Crippen LogP contribution in [0.4, 0.5) is 5.82 Å². The minimum Gasteiger partial charge on any atom is -0.391 e. The molecule has 0 radical (unpaired) electrons. The third-order valence-electron chi connectivity index (χ3n) is 4.25. The number of amides is 1. The molecular formula is C19H31N3O3S. The molecule has 0 spiro atoms. The molecule has 1 aliphatic heterocycles. The highest BCUT2D eigenvalue weighted by Gasteiger charge is 2.21. The highest BCUT2D eigenvalue weighted by atomic mass is 32.2. The molecule has 1 saturated heterocycles. The lowest BCUT2D eigenvalue weighted by Gasteiger charge is -2.29. The number of carbonyl (C=O) groups excluding carboxylic acids is 1. The average molecular weight is 382 g/mol. The van der Waals surface area contributed by atoms with Gasteiger partial charge < -0.3 is 20.1 Å². The van der Waals surface area contributed by atoms with Gasteiger partial charge in [0.05, 0.1) is 24.9 Å². The summed E-state index contributed by atoms with van der Waals surface area (Å²) < 4.78 is 5.41. The normalized spacial score (nSPS) is 16.0. The summed E-state index contributed by atoms with van der Waals surface area (Å²) in [6.07, 6.45) is 0.145. The number of rotatable bonds is 8. The van der Waals surface area contributed by atoms with Crippen molar-refractivity contribution in [2.45, 2.75) is 45.2 Å². The van der Waals surface area contributed by atoms with Gasteiger partial charge in [0.1, 0.15) is 10.8 Å². The third kappa shape index (κ3) is 5.86. The second-order valence-electron chi connectivity index (χ2n) is 7.00. The number of aryl methyl sites for hydroxylation is 1. The smallest absolute Gasteiger partial charge is 0.254 e. The van der Waals surface area contributed by atoms with E-state index >= 15 is 0 Å². The number of aliphatic hydroxyl groups excluding tert-OH is 1. The molecule has 6 nitrogen and oxygen atoms in total. The van der Waals surface area contributed by atoms with E-state index in [1.165, 1.54) is 0 Å². The van der Waals surface area contributed by atoms with E-state index in [9.17, 15) is 9.90 Å². The van der Waals surface area contributed by atoms with E-state index in [1.807, 2.05) is 13.0 Å². The molecule has 1 aliphatic rings. The van der Waals surface area contributed by atoms with Crippen LogP contribution in [0.3, 0.4) is 0 Å². The molecule has 1 unspecified atom stereocenters. The number of ether oxygens (including phenoxy) is 1. The van der Waals surface area contributed by atoms with Crippen molar-refractivity contribution in [3.63, 3.8) is 0 Å². The monoisotopic (exact) mass is 381 g/mol. The van der Waals surface area contributed by atoms with Crippen LogP contribution in [0.15, 0.2) is 11.1 Å². The zero-order valence-corrected chi connectivity index (χ0v) is 17.1. The molecule has 26 heavy (non-hydrogen) atoms. The lowest BCUT2D eigenvalue weighted by Crippen LogP contribution is -2.37. The Balaban J connectivity index is 2.16. The van der Waals surface area contributed by atoms with Crippen LogP contribution >= 0.6 is 11.8 Å². The maximum absolute atomic E-state index is 12.7. The Hall–Kier alpha value is -1.31. The summed E-state index contributed by atoms with van der Waals surface area (Å²) in [6, 6.07) is 1.98. The summed E-state index contributed by atoms with van der Waals surface area (Å²) >= 11 is 1.58. The largest absolute Gasteiger partial charge is 0.391 e. The number of hydrogen-bond acceptors (Lipinski definition) is 6. The van der Waals surface area contributed by atoms with Crippen LogP contribution in [0.5, 0.6) is 0 Å². The van der Waals surface area contributed by atoms with Crippen LogP contribution in [0.2, 0.25) is 0 Å². The quantitative estimate of drug-likeness (QED) is 0.674. The summed E-state index contributed by atoms with van der Waals surface area (Å²) in [5.41, 5.74) is 1.53. The van der Waals surface area contributed by atoms with Crippen molar-refractivity contribution in [3.05, 3.63) is 17.2 Å². The molecule has 1 fully saturated rings. The first-order valence-corrected chi connectivity index (χ1v) is 10.3.